The van der Waals surface area contributed by atoms with E-state index in [0.29, 0.717) is 17.6 Å². The molecule has 4 aromatic rings. The highest BCUT2D eigenvalue weighted by molar-refractivity contribution is 5.94. The summed E-state index contributed by atoms with van der Waals surface area (Å²) in [6.07, 6.45) is 1.34. The zero-order valence-corrected chi connectivity index (χ0v) is 19.3. The summed E-state index contributed by atoms with van der Waals surface area (Å²) in [7, 11) is 3.89. The van der Waals surface area contributed by atoms with Gasteiger partial charge in [-0.3, -0.25) is 4.79 Å². The van der Waals surface area contributed by atoms with Gasteiger partial charge in [0.25, 0.3) is 0 Å². The van der Waals surface area contributed by atoms with Crippen LogP contribution in [-0.2, 0) is 17.8 Å². The Kier molecular flexibility index (Phi) is 6.68. The van der Waals surface area contributed by atoms with E-state index >= 15 is 0 Å². The van der Waals surface area contributed by atoms with Gasteiger partial charge in [0.2, 0.25) is 5.91 Å². The highest BCUT2D eigenvalue weighted by Crippen LogP contribution is 2.35. The number of rotatable bonds is 8. The van der Waals surface area contributed by atoms with Crippen molar-refractivity contribution in [3.63, 3.8) is 0 Å². The molecule has 0 aliphatic heterocycles. The first kappa shape index (κ1) is 23.7. The average Bonchev–Trinajstić information content (AvgIpc) is 3.10. The normalized spacial score (nSPS) is 10.9. The number of carbonyl (C=O) groups excluding carboxylic acids is 1. The quantitative estimate of drug-likeness (QED) is 0.351. The van der Waals surface area contributed by atoms with E-state index in [0.717, 1.165) is 17.4 Å². The Morgan fingerprint density at radius 3 is 2.46 bits per heavy atom. The van der Waals surface area contributed by atoms with E-state index in [9.17, 15) is 19.1 Å². The number of nitrogens with zero attached hydrogens (tertiary/aromatic N) is 3. The van der Waals surface area contributed by atoms with Gasteiger partial charge < -0.3 is 25.0 Å². The first-order chi connectivity index (χ1) is 16.7. The number of aromatic carboxylic acids is 1. The minimum Gasteiger partial charge on any atom is -0.494 e. The molecule has 0 spiro atoms. The SMILES string of the molecule is CN(C)c1ccc(Cn2c(O)c3cccc(F)c3c2CCC(=O)Nc2ccc(C(=O)O)cn2)cc1. The number of aromatic hydroxyl groups is 1. The Hall–Kier alpha value is -4.40. The predicted octanol–water partition coefficient (Wildman–Crippen LogP) is 4.26. The van der Waals surface area contributed by atoms with Gasteiger partial charge in [-0.15, -0.1) is 0 Å². The summed E-state index contributed by atoms with van der Waals surface area (Å²) in [6.45, 7) is 0.308. The summed E-state index contributed by atoms with van der Waals surface area (Å²) in [5.74, 6) is -1.79. The summed E-state index contributed by atoms with van der Waals surface area (Å²) in [5.41, 5.74) is 2.47. The monoisotopic (exact) mass is 476 g/mol. The number of carbonyl (C=O) groups is 2. The fourth-order valence-electron chi connectivity index (χ4n) is 3.96. The third-order valence-electron chi connectivity index (χ3n) is 5.78. The number of carboxylic acids is 1. The predicted molar refractivity (Wildman–Crippen MR) is 132 cm³/mol. The molecule has 3 N–H and O–H groups in total. The third-order valence-corrected chi connectivity index (χ3v) is 5.78. The maximum absolute atomic E-state index is 14.8. The lowest BCUT2D eigenvalue weighted by Gasteiger charge is -2.14. The van der Waals surface area contributed by atoms with Crippen LogP contribution in [0.15, 0.2) is 60.8 Å². The molecule has 0 fully saturated rings. The summed E-state index contributed by atoms with van der Waals surface area (Å²) in [5, 5.41) is 23.2. The molecule has 0 saturated carbocycles. The molecule has 0 atom stereocenters. The van der Waals surface area contributed by atoms with Crippen LogP contribution in [0.3, 0.4) is 0 Å². The molecule has 1 amide bonds. The number of nitrogens with one attached hydrogen (secondary N) is 1. The number of halogens is 1. The van der Waals surface area contributed by atoms with E-state index in [1.165, 1.54) is 24.3 Å². The number of pyridine rings is 1. The van der Waals surface area contributed by atoms with Crippen LogP contribution >= 0.6 is 0 Å². The van der Waals surface area contributed by atoms with Crippen LogP contribution in [0.5, 0.6) is 5.88 Å². The van der Waals surface area contributed by atoms with E-state index in [-0.39, 0.29) is 41.4 Å². The lowest BCUT2D eigenvalue weighted by molar-refractivity contribution is -0.116. The van der Waals surface area contributed by atoms with Gasteiger partial charge in [0.1, 0.15) is 11.6 Å². The lowest BCUT2D eigenvalue weighted by Crippen LogP contribution is -2.15. The van der Waals surface area contributed by atoms with Gasteiger partial charge in [-0.25, -0.2) is 14.2 Å². The molecule has 180 valence electrons. The Morgan fingerprint density at radius 2 is 1.83 bits per heavy atom. The second-order valence-electron chi connectivity index (χ2n) is 8.37. The van der Waals surface area contributed by atoms with Crippen molar-refractivity contribution in [2.75, 3.05) is 24.3 Å². The van der Waals surface area contributed by atoms with Gasteiger partial charge >= 0.3 is 5.97 Å². The molecule has 0 aliphatic rings. The van der Waals surface area contributed by atoms with Crippen molar-refractivity contribution in [1.29, 1.82) is 0 Å². The molecule has 2 heterocycles. The van der Waals surface area contributed by atoms with Crippen LogP contribution in [0.1, 0.15) is 28.0 Å². The first-order valence-electron chi connectivity index (χ1n) is 11.0. The number of benzene rings is 2. The lowest BCUT2D eigenvalue weighted by atomic mass is 10.1. The minimum absolute atomic E-state index is 0.00875. The molecule has 0 aliphatic carbocycles. The number of hydrogen-bond donors (Lipinski definition) is 3. The fraction of sp³-hybridized carbons (Fsp3) is 0.192. The van der Waals surface area contributed by atoms with Gasteiger partial charge in [-0.05, 0) is 48.4 Å². The molecular formula is C26H25FN4O4. The van der Waals surface area contributed by atoms with E-state index in [4.69, 9.17) is 5.11 Å². The van der Waals surface area contributed by atoms with Gasteiger partial charge in [-0.2, -0.15) is 0 Å². The van der Waals surface area contributed by atoms with Crippen LogP contribution in [-0.4, -0.2) is 45.7 Å². The van der Waals surface area contributed by atoms with Crippen molar-refractivity contribution in [2.45, 2.75) is 19.4 Å². The van der Waals surface area contributed by atoms with Crippen LogP contribution in [0.4, 0.5) is 15.9 Å². The summed E-state index contributed by atoms with van der Waals surface area (Å²) in [6, 6.07) is 15.1. The van der Waals surface area contributed by atoms with Crippen LogP contribution < -0.4 is 10.2 Å². The third kappa shape index (κ3) is 5.08. The first-order valence-corrected chi connectivity index (χ1v) is 11.0. The number of anilines is 2. The second kappa shape index (κ2) is 9.84. The number of amides is 1. The zero-order chi connectivity index (χ0) is 25.1. The molecule has 0 unspecified atom stereocenters. The Bertz CT molecular complexity index is 1380. The van der Waals surface area contributed by atoms with E-state index in [1.807, 2.05) is 43.3 Å². The number of hydrogen-bond acceptors (Lipinski definition) is 5. The fourth-order valence-corrected chi connectivity index (χ4v) is 3.96. The highest BCUT2D eigenvalue weighted by atomic mass is 19.1. The van der Waals surface area contributed by atoms with Crippen molar-refractivity contribution in [2.24, 2.45) is 0 Å². The molecule has 0 saturated heterocycles. The van der Waals surface area contributed by atoms with E-state index in [1.54, 1.807) is 10.6 Å². The van der Waals surface area contributed by atoms with Gasteiger partial charge in [0, 0.05) is 48.9 Å². The maximum Gasteiger partial charge on any atom is 0.337 e. The second-order valence-corrected chi connectivity index (χ2v) is 8.37. The Balaban J connectivity index is 1.58. The van der Waals surface area contributed by atoms with Crippen molar-refractivity contribution in [3.05, 3.63) is 83.4 Å². The highest BCUT2D eigenvalue weighted by Gasteiger charge is 2.20. The number of fused-ring (bicyclic) bond motifs is 1. The molecule has 0 radical (unpaired) electrons. The Morgan fingerprint density at radius 1 is 1.09 bits per heavy atom. The number of carboxylic acid groups (broad SMARTS) is 1. The standard InChI is InChI=1S/C26H25FN4O4/c1-30(2)18-9-6-16(7-10-18)15-31-21(24-19(25(31)33)4-3-5-20(24)27)11-13-23(32)29-22-12-8-17(14-28-22)26(34)35/h3-10,12,14,33H,11,13,15H2,1-2H3,(H,34,35)(H,28,29,32). The largest absolute Gasteiger partial charge is 0.494 e. The topological polar surface area (TPSA) is 108 Å². The molecular weight excluding hydrogens is 451 g/mol. The molecule has 9 heteroatoms. The minimum atomic E-state index is -1.11. The molecule has 4 rings (SSSR count). The molecule has 2 aromatic carbocycles. The smallest absolute Gasteiger partial charge is 0.337 e. The molecule has 8 nitrogen and oxygen atoms in total. The summed E-state index contributed by atoms with van der Waals surface area (Å²) < 4.78 is 16.4. The van der Waals surface area contributed by atoms with E-state index < -0.39 is 11.8 Å². The number of aromatic nitrogens is 2. The van der Waals surface area contributed by atoms with Crippen molar-refractivity contribution in [3.8, 4) is 5.88 Å². The number of aryl methyl sites for hydroxylation is 1. The average molecular weight is 477 g/mol. The molecule has 0 bridgehead atoms. The van der Waals surface area contributed by atoms with Crippen molar-refractivity contribution >= 4 is 34.2 Å². The molecule has 35 heavy (non-hydrogen) atoms. The van der Waals surface area contributed by atoms with Crippen LogP contribution in [0.2, 0.25) is 0 Å². The van der Waals surface area contributed by atoms with Crippen molar-refractivity contribution in [1.82, 2.24) is 9.55 Å². The van der Waals surface area contributed by atoms with Crippen LogP contribution in [0.25, 0.3) is 10.8 Å². The zero-order valence-electron chi connectivity index (χ0n) is 19.3. The summed E-state index contributed by atoms with van der Waals surface area (Å²) >= 11 is 0. The maximum atomic E-state index is 14.8. The summed E-state index contributed by atoms with van der Waals surface area (Å²) in [4.78, 5) is 29.4. The van der Waals surface area contributed by atoms with Gasteiger partial charge in [-0.1, -0.05) is 18.2 Å². The van der Waals surface area contributed by atoms with Gasteiger partial charge in [0.05, 0.1) is 12.1 Å². The van der Waals surface area contributed by atoms with E-state index in [2.05, 4.69) is 10.3 Å². The van der Waals surface area contributed by atoms with Crippen LogP contribution in [0, 0.1) is 5.82 Å². The Labute approximate surface area is 201 Å². The molecule has 2 aromatic heterocycles. The van der Waals surface area contributed by atoms with Gasteiger partial charge in [0.15, 0.2) is 5.88 Å². The van der Waals surface area contributed by atoms with Crippen molar-refractivity contribution < 1.29 is 24.2 Å².